The fourth-order valence-corrected chi connectivity index (χ4v) is 6.77. The van der Waals surface area contributed by atoms with Gasteiger partial charge in [-0.2, -0.15) is 0 Å². The maximum atomic E-state index is 6.70. The highest BCUT2D eigenvalue weighted by Crippen LogP contribution is 2.39. The van der Waals surface area contributed by atoms with E-state index in [2.05, 4.69) is 89.8 Å². The van der Waals surface area contributed by atoms with Gasteiger partial charge >= 0.3 is 0 Å². The minimum atomic E-state index is -1.95. The van der Waals surface area contributed by atoms with Gasteiger partial charge in [-0.3, -0.25) is 4.57 Å². The second-order valence-electron chi connectivity index (χ2n) is 11.1. The van der Waals surface area contributed by atoms with E-state index in [0.717, 1.165) is 0 Å². The van der Waals surface area contributed by atoms with E-state index in [0.29, 0.717) is 28.3 Å². The van der Waals surface area contributed by atoms with Crippen LogP contribution in [-0.4, -0.2) is 69.4 Å². The summed E-state index contributed by atoms with van der Waals surface area (Å²) in [6, 6.07) is 0. The monoisotopic (exact) mass is 561 g/mol. The molecule has 32 heavy (non-hydrogen) atoms. The van der Waals surface area contributed by atoms with Crippen molar-refractivity contribution in [1.82, 2.24) is 19.5 Å². The zero-order chi connectivity index (χ0) is 24.1. The van der Waals surface area contributed by atoms with Gasteiger partial charge in [-0.25, -0.2) is 15.0 Å². The molecule has 180 valence electrons. The van der Waals surface area contributed by atoms with Crippen molar-refractivity contribution in [2.45, 2.75) is 83.5 Å². The number of fused-ring (bicyclic) bond motifs is 1. The molecule has 3 rings (SSSR count). The van der Waals surface area contributed by atoms with Crippen molar-refractivity contribution in [3.05, 3.63) is 11.1 Å². The number of nitrogen functional groups attached to an aromatic ring is 1. The number of halogens is 1. The number of aromatic nitrogens is 4. The smallest absolute Gasteiger partial charge is 0.200 e. The highest BCUT2D eigenvalue weighted by atomic mass is 79.9. The molecule has 1 aliphatic rings. The molecule has 0 radical (unpaired) electrons. The first-order valence-corrected chi connectivity index (χ1v) is 21.9. The van der Waals surface area contributed by atoms with Crippen LogP contribution in [0.2, 0.25) is 58.9 Å². The molecule has 0 saturated carbocycles. The van der Waals surface area contributed by atoms with E-state index in [1.54, 1.807) is 6.33 Å². The fourth-order valence-electron chi connectivity index (χ4n) is 3.58. The molecule has 0 unspecified atom stereocenters. The highest BCUT2D eigenvalue weighted by molar-refractivity contribution is 9.10. The average molecular weight is 563 g/mol. The molecule has 3 heterocycles. The molecule has 0 bridgehead atoms. The molecule has 0 aliphatic carbocycles. The SMILES string of the molecule is C[Si](C)(C)OC[C@H]1O[C@@H](n2cnc3c(N)nc(Br)nc32)[C@H](O[Si](C)(C)C)[C@@H]1O[Si](C)(C)C. The Balaban J connectivity index is 2.06. The van der Waals surface area contributed by atoms with E-state index >= 15 is 0 Å². The summed E-state index contributed by atoms with van der Waals surface area (Å²) >= 11 is 3.34. The summed E-state index contributed by atoms with van der Waals surface area (Å²) in [6.07, 6.45) is 0.385. The maximum absolute atomic E-state index is 6.70. The molecular formula is C19H36BrN5O4Si3. The van der Waals surface area contributed by atoms with Crippen LogP contribution in [0.4, 0.5) is 5.82 Å². The van der Waals surface area contributed by atoms with Gasteiger partial charge in [0, 0.05) is 0 Å². The zero-order valence-corrected chi connectivity index (χ0v) is 25.1. The van der Waals surface area contributed by atoms with Crippen LogP contribution < -0.4 is 5.73 Å². The van der Waals surface area contributed by atoms with E-state index in [9.17, 15) is 0 Å². The molecule has 2 aromatic rings. The van der Waals surface area contributed by atoms with Crippen molar-refractivity contribution in [2.75, 3.05) is 12.3 Å². The molecule has 4 atom stereocenters. The van der Waals surface area contributed by atoms with Gasteiger partial charge in [0.1, 0.15) is 23.8 Å². The van der Waals surface area contributed by atoms with Crippen LogP contribution >= 0.6 is 15.9 Å². The van der Waals surface area contributed by atoms with Gasteiger partial charge in [0.25, 0.3) is 0 Å². The summed E-state index contributed by atoms with van der Waals surface area (Å²) in [7, 11) is -5.61. The number of hydrogen-bond acceptors (Lipinski definition) is 8. The predicted octanol–water partition coefficient (Wildman–Crippen LogP) is 4.36. The van der Waals surface area contributed by atoms with Gasteiger partial charge in [-0.05, 0) is 74.9 Å². The highest BCUT2D eigenvalue weighted by Gasteiger charge is 2.50. The minimum Gasteiger partial charge on any atom is -0.415 e. The zero-order valence-electron chi connectivity index (χ0n) is 20.5. The van der Waals surface area contributed by atoms with Crippen molar-refractivity contribution in [3.8, 4) is 0 Å². The molecule has 13 heteroatoms. The second-order valence-corrected chi connectivity index (χ2v) is 25.2. The maximum Gasteiger partial charge on any atom is 0.200 e. The summed E-state index contributed by atoms with van der Waals surface area (Å²) in [5.41, 5.74) is 7.21. The number of rotatable bonds is 8. The van der Waals surface area contributed by atoms with Gasteiger partial charge in [0.2, 0.25) is 4.73 Å². The Bertz CT molecular complexity index is 957. The number of hydrogen-bond donors (Lipinski definition) is 1. The summed E-state index contributed by atoms with van der Waals surface area (Å²) in [5.74, 6) is 0.315. The molecule has 0 spiro atoms. The van der Waals surface area contributed by atoms with Crippen LogP contribution in [0.1, 0.15) is 6.23 Å². The van der Waals surface area contributed by atoms with Gasteiger partial charge in [0.15, 0.2) is 42.6 Å². The van der Waals surface area contributed by atoms with E-state index in [1.807, 2.05) is 4.57 Å². The Morgan fingerprint density at radius 1 is 0.969 bits per heavy atom. The molecule has 9 nitrogen and oxygen atoms in total. The first-order chi connectivity index (χ1) is 14.5. The van der Waals surface area contributed by atoms with Gasteiger partial charge in [-0.15, -0.1) is 0 Å². The standard InChI is InChI=1S/C19H36BrN5O4Si3/c1-30(2,3)26-10-12-14(28-31(4,5)6)15(29-32(7,8)9)18(27-12)25-11-22-13-16(21)23-19(20)24-17(13)25/h11-12,14-15,18H,10H2,1-9H3,(H2,21,23,24)/t12-,14-,15-,18-/m1/s1. The summed E-state index contributed by atoms with van der Waals surface area (Å²) < 4.78 is 28.5. The lowest BCUT2D eigenvalue weighted by molar-refractivity contribution is -0.0457. The quantitative estimate of drug-likeness (QED) is 0.374. The largest absolute Gasteiger partial charge is 0.415 e. The lowest BCUT2D eigenvalue weighted by Crippen LogP contribution is -2.48. The third kappa shape index (κ3) is 6.46. The van der Waals surface area contributed by atoms with E-state index < -0.39 is 31.2 Å². The van der Waals surface area contributed by atoms with Crippen molar-refractivity contribution in [2.24, 2.45) is 0 Å². The minimum absolute atomic E-state index is 0.255. The topological polar surface area (TPSA) is 107 Å². The fraction of sp³-hybridized carbons (Fsp3) is 0.737. The molecule has 0 aromatic carbocycles. The lowest BCUT2D eigenvalue weighted by atomic mass is 10.1. The molecular weight excluding hydrogens is 526 g/mol. The van der Waals surface area contributed by atoms with Crippen LogP contribution in [-0.2, 0) is 18.0 Å². The van der Waals surface area contributed by atoms with Gasteiger partial charge in [-0.1, -0.05) is 0 Å². The normalized spacial score (nSPS) is 25.1. The van der Waals surface area contributed by atoms with E-state index in [4.69, 9.17) is 23.7 Å². The predicted molar refractivity (Wildman–Crippen MR) is 137 cm³/mol. The van der Waals surface area contributed by atoms with Crippen LogP contribution in [0.5, 0.6) is 0 Å². The van der Waals surface area contributed by atoms with Gasteiger partial charge in [0.05, 0.1) is 12.9 Å². The number of ether oxygens (including phenoxy) is 1. The molecule has 1 aliphatic heterocycles. The molecule has 2 aromatic heterocycles. The number of imidazole rings is 1. The average Bonchev–Trinajstić information content (AvgIpc) is 3.12. The van der Waals surface area contributed by atoms with Crippen molar-refractivity contribution < 1.29 is 18.0 Å². The Kier molecular flexibility index (Phi) is 7.43. The lowest BCUT2D eigenvalue weighted by Gasteiger charge is -2.34. The van der Waals surface area contributed by atoms with Crippen LogP contribution in [0.3, 0.4) is 0 Å². The first kappa shape index (κ1) is 25.9. The summed E-state index contributed by atoms with van der Waals surface area (Å²) in [4.78, 5) is 13.1. The molecule has 1 saturated heterocycles. The van der Waals surface area contributed by atoms with Crippen molar-refractivity contribution >= 4 is 57.9 Å². The van der Waals surface area contributed by atoms with Crippen LogP contribution in [0.25, 0.3) is 11.2 Å². The Hall–Kier alpha value is -0.679. The Morgan fingerprint density at radius 2 is 1.56 bits per heavy atom. The third-order valence-corrected chi connectivity index (χ3v) is 7.99. The summed E-state index contributed by atoms with van der Waals surface area (Å²) in [5, 5.41) is 0. The first-order valence-electron chi connectivity index (χ1n) is 10.8. The Labute approximate surface area is 201 Å². The van der Waals surface area contributed by atoms with Crippen molar-refractivity contribution in [1.29, 1.82) is 0 Å². The number of nitrogens with zero attached hydrogens (tertiary/aromatic N) is 4. The van der Waals surface area contributed by atoms with Crippen LogP contribution in [0, 0.1) is 0 Å². The van der Waals surface area contributed by atoms with E-state index in [1.165, 1.54) is 0 Å². The van der Waals surface area contributed by atoms with Crippen LogP contribution in [0.15, 0.2) is 11.1 Å². The molecule has 1 fully saturated rings. The summed E-state index contributed by atoms with van der Waals surface area (Å²) in [6.45, 7) is 20.0. The molecule has 2 N–H and O–H groups in total. The van der Waals surface area contributed by atoms with Gasteiger partial charge < -0.3 is 23.7 Å². The second kappa shape index (κ2) is 9.17. The number of nitrogens with two attached hydrogens (primary N) is 1. The van der Waals surface area contributed by atoms with E-state index in [-0.39, 0.29) is 18.3 Å². The van der Waals surface area contributed by atoms with Crippen molar-refractivity contribution in [3.63, 3.8) is 0 Å². The Morgan fingerprint density at radius 3 is 2.12 bits per heavy atom. The third-order valence-electron chi connectivity index (χ3n) is 4.64. The molecule has 0 amide bonds. The number of anilines is 1.